The summed E-state index contributed by atoms with van der Waals surface area (Å²) < 4.78 is 12.3. The van der Waals surface area contributed by atoms with Crippen molar-refractivity contribution in [3.05, 3.63) is 91.3 Å². The Morgan fingerprint density at radius 1 is 1.09 bits per heavy atom. The van der Waals surface area contributed by atoms with E-state index in [1.807, 2.05) is 13.0 Å². The summed E-state index contributed by atoms with van der Waals surface area (Å²) in [5.74, 6) is -0.180. The minimum Gasteiger partial charge on any atom is -0.484 e. The molecule has 0 radical (unpaired) electrons. The summed E-state index contributed by atoms with van der Waals surface area (Å²) >= 11 is 12.6. The van der Waals surface area contributed by atoms with E-state index in [9.17, 15) is 9.59 Å². The molecule has 0 saturated carbocycles. The van der Waals surface area contributed by atoms with E-state index in [4.69, 9.17) is 21.1 Å². The maximum Gasteiger partial charge on any atom is 0.343 e. The third kappa shape index (κ3) is 6.91. The fraction of sp³-hybridized carbons (Fsp3) is 0.0870. The Balaban J connectivity index is 1.67. The second kappa shape index (κ2) is 11.3. The molecule has 0 unspecified atom stereocenters. The molecular formula is C23H17Br2ClN2O4. The normalized spacial score (nSPS) is 10.8. The molecule has 9 heteroatoms. The van der Waals surface area contributed by atoms with E-state index < -0.39 is 11.9 Å². The average molecular weight is 581 g/mol. The van der Waals surface area contributed by atoms with Gasteiger partial charge in [-0.25, -0.2) is 10.2 Å². The van der Waals surface area contributed by atoms with E-state index in [2.05, 4.69) is 42.4 Å². The highest BCUT2D eigenvalue weighted by Crippen LogP contribution is 2.32. The number of hydrogen-bond donors (Lipinski definition) is 1. The predicted molar refractivity (Wildman–Crippen MR) is 131 cm³/mol. The Morgan fingerprint density at radius 3 is 2.56 bits per heavy atom. The Bertz CT molecular complexity index is 1170. The number of hydrogen-bond acceptors (Lipinski definition) is 5. The first-order valence-electron chi connectivity index (χ1n) is 9.30. The molecule has 0 bridgehead atoms. The molecule has 6 nitrogen and oxygen atoms in total. The van der Waals surface area contributed by atoms with Gasteiger partial charge < -0.3 is 9.47 Å². The third-order valence-corrected chi connectivity index (χ3v) is 5.36. The zero-order valence-electron chi connectivity index (χ0n) is 16.8. The lowest BCUT2D eigenvalue weighted by atomic mass is 10.1. The second-order valence-electron chi connectivity index (χ2n) is 6.60. The van der Waals surface area contributed by atoms with Gasteiger partial charge in [-0.05, 0) is 71.4 Å². The van der Waals surface area contributed by atoms with Crippen LogP contribution in [0.1, 0.15) is 21.5 Å². The summed E-state index contributed by atoms with van der Waals surface area (Å²) in [5.41, 5.74) is 4.23. The molecule has 0 saturated heterocycles. The van der Waals surface area contributed by atoms with Crippen molar-refractivity contribution < 1.29 is 19.1 Å². The maximum absolute atomic E-state index is 12.6. The number of ether oxygens (including phenoxy) is 2. The second-order valence-corrected chi connectivity index (χ2v) is 8.81. The Labute approximate surface area is 206 Å². The van der Waals surface area contributed by atoms with Crippen molar-refractivity contribution >= 4 is 61.6 Å². The minimum absolute atomic E-state index is 0.226. The van der Waals surface area contributed by atoms with Crippen LogP contribution >= 0.6 is 43.5 Å². The fourth-order valence-electron chi connectivity index (χ4n) is 2.59. The summed E-state index contributed by atoms with van der Waals surface area (Å²) in [6.45, 7) is 1.67. The van der Waals surface area contributed by atoms with Gasteiger partial charge in [0, 0.05) is 15.1 Å². The Kier molecular flexibility index (Phi) is 8.44. The number of rotatable bonds is 7. The quantitative estimate of drug-likeness (QED) is 0.163. The first-order chi connectivity index (χ1) is 15.3. The molecule has 0 aliphatic rings. The van der Waals surface area contributed by atoms with Crippen molar-refractivity contribution in [2.24, 2.45) is 5.10 Å². The van der Waals surface area contributed by atoms with Crippen LogP contribution in [-0.4, -0.2) is 24.7 Å². The number of hydrazone groups is 1. The Morgan fingerprint density at radius 2 is 1.84 bits per heavy atom. The molecule has 3 aromatic rings. The van der Waals surface area contributed by atoms with Gasteiger partial charge in [-0.1, -0.05) is 45.2 Å². The lowest BCUT2D eigenvalue weighted by Gasteiger charge is -2.11. The van der Waals surface area contributed by atoms with E-state index in [1.54, 1.807) is 54.6 Å². The van der Waals surface area contributed by atoms with Crippen LogP contribution in [0.25, 0.3) is 0 Å². The van der Waals surface area contributed by atoms with E-state index >= 15 is 0 Å². The van der Waals surface area contributed by atoms with Gasteiger partial charge in [-0.15, -0.1) is 0 Å². The molecule has 0 heterocycles. The maximum atomic E-state index is 12.6. The van der Waals surface area contributed by atoms with Gasteiger partial charge in [0.2, 0.25) is 0 Å². The molecule has 0 atom stereocenters. The van der Waals surface area contributed by atoms with Crippen molar-refractivity contribution in [3.63, 3.8) is 0 Å². The number of carbonyl (C=O) groups excluding carboxylic acids is 2. The molecule has 164 valence electrons. The van der Waals surface area contributed by atoms with Crippen LogP contribution in [-0.2, 0) is 4.79 Å². The smallest absolute Gasteiger partial charge is 0.343 e. The third-order valence-electron chi connectivity index (χ3n) is 4.06. The molecule has 0 aromatic heterocycles. The largest absolute Gasteiger partial charge is 0.484 e. The van der Waals surface area contributed by atoms with Gasteiger partial charge in [-0.2, -0.15) is 5.10 Å². The highest BCUT2D eigenvalue weighted by Gasteiger charge is 2.15. The van der Waals surface area contributed by atoms with E-state index in [-0.39, 0.29) is 12.4 Å². The summed E-state index contributed by atoms with van der Waals surface area (Å²) in [7, 11) is 0. The number of aryl methyl sites for hydroxylation is 1. The number of esters is 1. The van der Waals surface area contributed by atoms with Crippen molar-refractivity contribution in [3.8, 4) is 11.5 Å². The monoisotopic (exact) mass is 578 g/mol. The van der Waals surface area contributed by atoms with Crippen molar-refractivity contribution in [2.45, 2.75) is 6.92 Å². The van der Waals surface area contributed by atoms with Crippen LogP contribution in [0.4, 0.5) is 0 Å². The molecule has 0 fully saturated rings. The molecular weight excluding hydrogens is 564 g/mol. The number of carbonyl (C=O) groups is 2. The van der Waals surface area contributed by atoms with Crippen molar-refractivity contribution in [2.75, 3.05) is 6.61 Å². The molecule has 0 aliphatic heterocycles. The van der Waals surface area contributed by atoms with Gasteiger partial charge in [-0.3, -0.25) is 4.79 Å². The summed E-state index contributed by atoms with van der Waals surface area (Å²) in [4.78, 5) is 24.6. The molecule has 1 N–H and O–H groups in total. The van der Waals surface area contributed by atoms with Crippen LogP contribution in [0.15, 0.2) is 74.7 Å². The first-order valence-corrected chi connectivity index (χ1v) is 11.3. The standard InChI is InChI=1S/C23H17Br2ClN2O4/c1-14-3-2-4-15(9-14)23(30)32-22-16(10-17(24)11-20(22)25)12-27-28-21(29)13-31-19-7-5-18(26)6-8-19/h2-12H,13H2,1H3,(H,28,29)/b27-12+. The molecule has 1 amide bonds. The SMILES string of the molecule is Cc1cccc(C(=O)Oc2c(Br)cc(Br)cc2/C=N/NC(=O)COc2ccc(Cl)cc2)c1. The molecule has 3 rings (SSSR count). The first kappa shape index (κ1) is 24.0. The van der Waals surface area contributed by atoms with Gasteiger partial charge in [0.1, 0.15) is 5.75 Å². The van der Waals surface area contributed by atoms with Gasteiger partial charge in [0.25, 0.3) is 5.91 Å². The van der Waals surface area contributed by atoms with Crippen LogP contribution in [0.5, 0.6) is 11.5 Å². The minimum atomic E-state index is -0.508. The van der Waals surface area contributed by atoms with E-state index in [0.29, 0.717) is 26.4 Å². The molecule has 0 aliphatic carbocycles. The van der Waals surface area contributed by atoms with E-state index in [1.165, 1.54) is 6.21 Å². The molecule has 32 heavy (non-hydrogen) atoms. The fourth-order valence-corrected chi connectivity index (χ4v) is 4.06. The number of benzene rings is 3. The van der Waals surface area contributed by atoms with E-state index in [0.717, 1.165) is 10.0 Å². The van der Waals surface area contributed by atoms with Crippen LogP contribution in [0, 0.1) is 6.92 Å². The van der Waals surface area contributed by atoms with Crippen LogP contribution < -0.4 is 14.9 Å². The molecule has 3 aromatic carbocycles. The zero-order chi connectivity index (χ0) is 23.1. The van der Waals surface area contributed by atoms with Crippen LogP contribution in [0.3, 0.4) is 0 Å². The Hall–Kier alpha value is -2.68. The van der Waals surface area contributed by atoms with Gasteiger partial charge >= 0.3 is 5.97 Å². The lowest BCUT2D eigenvalue weighted by Crippen LogP contribution is -2.24. The van der Waals surface area contributed by atoms with Crippen molar-refractivity contribution in [1.29, 1.82) is 0 Å². The number of halogens is 3. The highest BCUT2D eigenvalue weighted by molar-refractivity contribution is 9.11. The van der Waals surface area contributed by atoms with Crippen molar-refractivity contribution in [1.82, 2.24) is 5.43 Å². The van der Waals surface area contributed by atoms with Gasteiger partial charge in [0.05, 0.1) is 16.3 Å². The topological polar surface area (TPSA) is 77.0 Å². The average Bonchev–Trinajstić information content (AvgIpc) is 2.75. The number of amides is 1. The van der Waals surface area contributed by atoms with Gasteiger partial charge in [0.15, 0.2) is 12.4 Å². The summed E-state index contributed by atoms with van der Waals surface area (Å²) in [5, 5.41) is 4.52. The zero-order valence-corrected chi connectivity index (χ0v) is 20.7. The number of nitrogens with zero attached hydrogens (tertiary/aromatic N) is 1. The molecule has 0 spiro atoms. The summed E-state index contributed by atoms with van der Waals surface area (Å²) in [6, 6.07) is 17.2. The predicted octanol–water partition coefficient (Wildman–Crippen LogP) is 5.92. The summed E-state index contributed by atoms with van der Waals surface area (Å²) in [6.07, 6.45) is 1.38. The van der Waals surface area contributed by atoms with Crippen LogP contribution in [0.2, 0.25) is 5.02 Å². The number of nitrogens with one attached hydrogen (secondary N) is 1. The highest BCUT2D eigenvalue weighted by atomic mass is 79.9. The lowest BCUT2D eigenvalue weighted by molar-refractivity contribution is -0.123.